The van der Waals surface area contributed by atoms with E-state index in [1.165, 1.54) is 37.7 Å². The highest BCUT2D eigenvalue weighted by Crippen LogP contribution is 2.33. The van der Waals surface area contributed by atoms with Crippen LogP contribution in [0, 0.1) is 12.8 Å². The number of rotatable bonds is 5. The number of pyridine rings is 1. The molecule has 0 unspecified atom stereocenters. The zero-order valence-electron chi connectivity index (χ0n) is 14.7. The number of anilines is 1. The molecule has 2 heterocycles. The molecule has 0 saturated heterocycles. The van der Waals surface area contributed by atoms with Crippen LogP contribution >= 0.6 is 0 Å². The Bertz CT molecular complexity index is 822. The van der Waals surface area contributed by atoms with Crippen LogP contribution in [0.4, 0.5) is 6.01 Å². The minimum Gasteiger partial charge on any atom is -0.424 e. The molecule has 2 aromatic heterocycles. The minimum absolute atomic E-state index is 0.137. The lowest BCUT2D eigenvalue weighted by Crippen LogP contribution is -2.18. The molecule has 4 heteroatoms. The van der Waals surface area contributed by atoms with Crippen LogP contribution in [-0.4, -0.2) is 9.97 Å². The molecule has 1 atom stereocenters. The topological polar surface area (TPSA) is 51.0 Å². The average Bonchev–Trinajstić information content (AvgIpc) is 3.04. The second kappa shape index (κ2) is 7.26. The third kappa shape index (κ3) is 3.84. The van der Waals surface area contributed by atoms with Gasteiger partial charge >= 0.3 is 0 Å². The van der Waals surface area contributed by atoms with E-state index in [9.17, 15) is 0 Å². The zero-order valence-corrected chi connectivity index (χ0v) is 14.7. The number of nitrogens with one attached hydrogen (secondary N) is 1. The van der Waals surface area contributed by atoms with Crippen molar-refractivity contribution < 1.29 is 4.42 Å². The molecule has 1 fully saturated rings. The Balaban J connectivity index is 1.57. The number of hydrogen-bond acceptors (Lipinski definition) is 4. The van der Waals surface area contributed by atoms with E-state index in [-0.39, 0.29) is 6.04 Å². The van der Waals surface area contributed by atoms with Crippen LogP contribution in [0.2, 0.25) is 0 Å². The van der Waals surface area contributed by atoms with Crippen LogP contribution in [0.1, 0.15) is 55.8 Å². The fraction of sp³-hybridized carbons (Fsp3) is 0.429. The predicted molar refractivity (Wildman–Crippen MR) is 101 cm³/mol. The van der Waals surface area contributed by atoms with Gasteiger partial charge in [-0.25, -0.2) is 0 Å². The Kier molecular flexibility index (Phi) is 4.68. The first-order valence-corrected chi connectivity index (χ1v) is 9.32. The second-order valence-electron chi connectivity index (χ2n) is 7.18. The number of benzene rings is 1. The van der Waals surface area contributed by atoms with Crippen molar-refractivity contribution in [3.05, 3.63) is 53.9 Å². The smallest absolute Gasteiger partial charge is 0.296 e. The summed E-state index contributed by atoms with van der Waals surface area (Å²) in [5.41, 5.74) is 3.97. The van der Waals surface area contributed by atoms with Gasteiger partial charge in [0, 0.05) is 6.20 Å². The first-order valence-electron chi connectivity index (χ1n) is 9.32. The van der Waals surface area contributed by atoms with Crippen molar-refractivity contribution in [3.63, 3.8) is 0 Å². The SMILES string of the molecule is Cc1ccc2nc(N[C@@H](CC3CCCCC3)c3ccccn3)oc2c1. The van der Waals surface area contributed by atoms with Gasteiger partial charge in [-0.1, -0.05) is 44.2 Å². The van der Waals surface area contributed by atoms with Crippen molar-refractivity contribution in [2.24, 2.45) is 5.92 Å². The van der Waals surface area contributed by atoms with E-state index < -0.39 is 0 Å². The number of hydrogen-bond donors (Lipinski definition) is 1. The maximum absolute atomic E-state index is 5.94. The quantitative estimate of drug-likeness (QED) is 0.654. The Morgan fingerprint density at radius 2 is 2.04 bits per heavy atom. The van der Waals surface area contributed by atoms with Crippen molar-refractivity contribution in [3.8, 4) is 0 Å². The van der Waals surface area contributed by atoms with E-state index in [0.29, 0.717) is 6.01 Å². The molecule has 1 N–H and O–H groups in total. The van der Waals surface area contributed by atoms with Gasteiger partial charge in [0.25, 0.3) is 6.01 Å². The van der Waals surface area contributed by atoms with Crippen molar-refractivity contribution in [2.75, 3.05) is 5.32 Å². The Labute approximate surface area is 148 Å². The molecule has 4 rings (SSSR count). The monoisotopic (exact) mass is 335 g/mol. The summed E-state index contributed by atoms with van der Waals surface area (Å²) >= 11 is 0. The molecular weight excluding hydrogens is 310 g/mol. The fourth-order valence-corrected chi connectivity index (χ4v) is 3.83. The number of aryl methyl sites for hydroxylation is 1. The van der Waals surface area contributed by atoms with Gasteiger partial charge in [-0.3, -0.25) is 4.98 Å². The molecule has 1 aliphatic rings. The summed E-state index contributed by atoms with van der Waals surface area (Å²) in [6, 6.07) is 12.9. The summed E-state index contributed by atoms with van der Waals surface area (Å²) in [5.74, 6) is 0.750. The van der Waals surface area contributed by atoms with E-state index in [1.54, 1.807) is 0 Å². The van der Waals surface area contributed by atoms with E-state index in [4.69, 9.17) is 4.42 Å². The van der Waals surface area contributed by atoms with Crippen molar-refractivity contribution >= 4 is 17.1 Å². The van der Waals surface area contributed by atoms with Crippen molar-refractivity contribution in [1.82, 2.24) is 9.97 Å². The fourth-order valence-electron chi connectivity index (χ4n) is 3.83. The zero-order chi connectivity index (χ0) is 17.1. The summed E-state index contributed by atoms with van der Waals surface area (Å²) in [6.07, 6.45) is 9.65. The van der Waals surface area contributed by atoms with Gasteiger partial charge in [-0.2, -0.15) is 4.98 Å². The number of oxazole rings is 1. The second-order valence-corrected chi connectivity index (χ2v) is 7.18. The lowest BCUT2D eigenvalue weighted by Gasteiger charge is -2.26. The average molecular weight is 335 g/mol. The Morgan fingerprint density at radius 1 is 1.16 bits per heavy atom. The molecule has 1 aliphatic carbocycles. The maximum atomic E-state index is 5.94. The molecule has 0 amide bonds. The summed E-state index contributed by atoms with van der Waals surface area (Å²) in [7, 11) is 0. The molecule has 130 valence electrons. The Hall–Kier alpha value is -2.36. The van der Waals surface area contributed by atoms with Gasteiger partial charge in [-0.15, -0.1) is 0 Å². The molecule has 4 nitrogen and oxygen atoms in total. The molecule has 1 aromatic carbocycles. The predicted octanol–water partition coefficient (Wildman–Crippen LogP) is 5.65. The summed E-state index contributed by atoms with van der Waals surface area (Å²) in [6.45, 7) is 2.06. The Morgan fingerprint density at radius 3 is 2.84 bits per heavy atom. The minimum atomic E-state index is 0.137. The van der Waals surface area contributed by atoms with Gasteiger partial charge in [0.05, 0.1) is 11.7 Å². The molecular formula is C21H25N3O. The lowest BCUT2D eigenvalue weighted by molar-refractivity contribution is 0.322. The third-order valence-electron chi connectivity index (χ3n) is 5.18. The summed E-state index contributed by atoms with van der Waals surface area (Å²) in [4.78, 5) is 9.18. The van der Waals surface area contributed by atoms with Crippen molar-refractivity contribution in [2.45, 2.75) is 51.5 Å². The van der Waals surface area contributed by atoms with Crippen LogP contribution in [0.15, 0.2) is 47.0 Å². The molecule has 25 heavy (non-hydrogen) atoms. The van der Waals surface area contributed by atoms with E-state index >= 15 is 0 Å². The van der Waals surface area contributed by atoms with Crippen LogP contribution < -0.4 is 5.32 Å². The van der Waals surface area contributed by atoms with Crippen molar-refractivity contribution in [1.29, 1.82) is 0 Å². The highest BCUT2D eigenvalue weighted by atomic mass is 16.4. The molecule has 3 aromatic rings. The number of fused-ring (bicyclic) bond motifs is 1. The first-order chi connectivity index (χ1) is 12.3. The highest BCUT2D eigenvalue weighted by Gasteiger charge is 2.22. The maximum Gasteiger partial charge on any atom is 0.296 e. The standard InChI is InChI=1S/C21H25N3O/c1-15-10-11-18-20(13-15)25-21(23-18)24-19(17-9-5-6-12-22-17)14-16-7-3-2-4-8-16/h5-6,9-13,16,19H,2-4,7-8,14H2,1H3,(H,23,24)/t19-/m0/s1. The number of nitrogens with zero attached hydrogens (tertiary/aromatic N) is 2. The van der Waals surface area contributed by atoms with Gasteiger partial charge in [0.2, 0.25) is 0 Å². The van der Waals surface area contributed by atoms with Crippen LogP contribution in [0.5, 0.6) is 0 Å². The first kappa shape index (κ1) is 16.1. The van der Waals surface area contributed by atoms with Gasteiger partial charge < -0.3 is 9.73 Å². The highest BCUT2D eigenvalue weighted by molar-refractivity contribution is 5.75. The lowest BCUT2D eigenvalue weighted by atomic mass is 9.84. The summed E-state index contributed by atoms with van der Waals surface area (Å²) in [5, 5.41) is 3.51. The van der Waals surface area contributed by atoms with Crippen LogP contribution in [0.3, 0.4) is 0 Å². The summed E-state index contributed by atoms with van der Waals surface area (Å²) < 4.78 is 5.94. The third-order valence-corrected chi connectivity index (χ3v) is 5.18. The van der Waals surface area contributed by atoms with Crippen LogP contribution in [0.25, 0.3) is 11.1 Å². The van der Waals surface area contributed by atoms with E-state index in [0.717, 1.165) is 29.1 Å². The molecule has 0 radical (unpaired) electrons. The molecule has 0 bridgehead atoms. The van der Waals surface area contributed by atoms with E-state index in [1.807, 2.05) is 30.5 Å². The molecule has 1 saturated carbocycles. The molecule has 0 aliphatic heterocycles. The van der Waals surface area contributed by atoms with Gasteiger partial charge in [-0.05, 0) is 49.1 Å². The number of aromatic nitrogens is 2. The van der Waals surface area contributed by atoms with Crippen LogP contribution in [-0.2, 0) is 0 Å². The normalized spacial score (nSPS) is 16.8. The molecule has 0 spiro atoms. The van der Waals surface area contributed by atoms with Gasteiger partial charge in [0.15, 0.2) is 5.58 Å². The largest absolute Gasteiger partial charge is 0.424 e. The van der Waals surface area contributed by atoms with Gasteiger partial charge in [0.1, 0.15) is 5.52 Å². The van der Waals surface area contributed by atoms with E-state index in [2.05, 4.69) is 34.3 Å².